The van der Waals surface area contributed by atoms with E-state index in [0.29, 0.717) is 0 Å². The fourth-order valence-electron chi connectivity index (χ4n) is 1.28. The first-order valence-corrected chi connectivity index (χ1v) is 3.98. The zero-order valence-electron chi connectivity index (χ0n) is 6.94. The standard InChI is InChI=1S/C10H10N2/c1-8-3-2-4-9(7-8)10-11-5-6-12-10/h2-7,10H,1H3. The zero-order chi connectivity index (χ0) is 8.39. The number of aryl methyl sites for hydroxylation is 1. The van der Waals surface area contributed by atoms with Gasteiger partial charge in [0.25, 0.3) is 0 Å². The van der Waals surface area contributed by atoms with E-state index in [-0.39, 0.29) is 6.17 Å². The minimum Gasteiger partial charge on any atom is -0.260 e. The molecule has 1 aromatic carbocycles. The van der Waals surface area contributed by atoms with E-state index in [4.69, 9.17) is 0 Å². The monoisotopic (exact) mass is 158 g/mol. The van der Waals surface area contributed by atoms with Crippen molar-refractivity contribution >= 4 is 12.4 Å². The molecule has 0 radical (unpaired) electrons. The number of hydrogen-bond donors (Lipinski definition) is 0. The highest BCUT2D eigenvalue weighted by atomic mass is 15.0. The Morgan fingerprint density at radius 2 is 1.92 bits per heavy atom. The molecule has 1 heterocycles. The van der Waals surface area contributed by atoms with Crippen LogP contribution in [0.5, 0.6) is 0 Å². The molecule has 0 aliphatic carbocycles. The van der Waals surface area contributed by atoms with Gasteiger partial charge in [0.15, 0.2) is 6.17 Å². The summed E-state index contributed by atoms with van der Waals surface area (Å²) in [6, 6.07) is 8.28. The van der Waals surface area contributed by atoms with Crippen LogP contribution in [0.15, 0.2) is 34.3 Å². The Hall–Kier alpha value is -1.44. The van der Waals surface area contributed by atoms with Crippen molar-refractivity contribution in [3.05, 3.63) is 35.4 Å². The smallest absolute Gasteiger partial charge is 0.165 e. The van der Waals surface area contributed by atoms with Gasteiger partial charge >= 0.3 is 0 Å². The highest BCUT2D eigenvalue weighted by molar-refractivity contribution is 6.17. The maximum atomic E-state index is 4.20. The van der Waals surface area contributed by atoms with Crippen molar-refractivity contribution < 1.29 is 0 Å². The predicted octanol–water partition coefficient (Wildman–Crippen LogP) is 2.15. The van der Waals surface area contributed by atoms with E-state index in [1.807, 2.05) is 6.07 Å². The molecule has 1 aromatic rings. The first kappa shape index (κ1) is 7.22. The molecule has 0 spiro atoms. The number of benzene rings is 1. The highest BCUT2D eigenvalue weighted by Gasteiger charge is 2.07. The van der Waals surface area contributed by atoms with Gasteiger partial charge < -0.3 is 0 Å². The van der Waals surface area contributed by atoms with Crippen LogP contribution in [0.3, 0.4) is 0 Å². The first-order chi connectivity index (χ1) is 5.86. The van der Waals surface area contributed by atoms with Crippen molar-refractivity contribution in [2.24, 2.45) is 9.98 Å². The van der Waals surface area contributed by atoms with E-state index in [1.165, 1.54) is 11.1 Å². The molecule has 0 unspecified atom stereocenters. The lowest BCUT2D eigenvalue weighted by molar-refractivity contribution is 0.801. The Balaban J connectivity index is 2.34. The van der Waals surface area contributed by atoms with Crippen LogP contribution >= 0.6 is 0 Å². The molecule has 2 nitrogen and oxygen atoms in total. The largest absolute Gasteiger partial charge is 0.260 e. The Kier molecular flexibility index (Phi) is 1.74. The molecular weight excluding hydrogens is 148 g/mol. The molecule has 60 valence electrons. The van der Waals surface area contributed by atoms with Crippen LogP contribution in [0, 0.1) is 6.92 Å². The number of hydrogen-bond acceptors (Lipinski definition) is 2. The average molecular weight is 158 g/mol. The SMILES string of the molecule is Cc1cccc(C2N=CC=N2)c1. The number of nitrogens with zero attached hydrogens (tertiary/aromatic N) is 2. The van der Waals surface area contributed by atoms with Crippen molar-refractivity contribution in [2.75, 3.05) is 0 Å². The van der Waals surface area contributed by atoms with Gasteiger partial charge in [-0.2, -0.15) is 0 Å². The quantitative estimate of drug-likeness (QED) is 0.598. The van der Waals surface area contributed by atoms with E-state index < -0.39 is 0 Å². The van der Waals surface area contributed by atoms with E-state index >= 15 is 0 Å². The molecule has 0 N–H and O–H groups in total. The highest BCUT2D eigenvalue weighted by Crippen LogP contribution is 2.20. The van der Waals surface area contributed by atoms with Crippen LogP contribution in [0.25, 0.3) is 0 Å². The summed E-state index contributed by atoms with van der Waals surface area (Å²) in [6.45, 7) is 2.08. The fraction of sp³-hybridized carbons (Fsp3) is 0.200. The molecule has 12 heavy (non-hydrogen) atoms. The van der Waals surface area contributed by atoms with Crippen molar-refractivity contribution in [2.45, 2.75) is 13.1 Å². The van der Waals surface area contributed by atoms with Gasteiger partial charge in [0.1, 0.15) is 0 Å². The number of rotatable bonds is 1. The van der Waals surface area contributed by atoms with Gasteiger partial charge in [0.05, 0.1) is 0 Å². The van der Waals surface area contributed by atoms with Gasteiger partial charge in [-0.1, -0.05) is 29.8 Å². The third kappa shape index (κ3) is 1.28. The van der Waals surface area contributed by atoms with Crippen molar-refractivity contribution in [1.82, 2.24) is 0 Å². The van der Waals surface area contributed by atoms with E-state index in [1.54, 1.807) is 12.4 Å². The second kappa shape index (κ2) is 2.89. The van der Waals surface area contributed by atoms with Crippen LogP contribution in [0.4, 0.5) is 0 Å². The summed E-state index contributed by atoms with van der Waals surface area (Å²) in [4.78, 5) is 8.40. The second-order valence-electron chi connectivity index (χ2n) is 2.88. The van der Waals surface area contributed by atoms with Crippen LogP contribution < -0.4 is 0 Å². The van der Waals surface area contributed by atoms with Gasteiger partial charge in [-0.05, 0) is 12.5 Å². The molecule has 0 aromatic heterocycles. The minimum atomic E-state index is 0.00454. The maximum absolute atomic E-state index is 4.20. The molecule has 0 bridgehead atoms. The van der Waals surface area contributed by atoms with Crippen molar-refractivity contribution in [1.29, 1.82) is 0 Å². The van der Waals surface area contributed by atoms with Crippen LogP contribution in [0.1, 0.15) is 17.3 Å². The summed E-state index contributed by atoms with van der Waals surface area (Å²) in [6.07, 6.45) is 3.49. The first-order valence-electron chi connectivity index (χ1n) is 3.98. The Morgan fingerprint density at radius 3 is 2.58 bits per heavy atom. The van der Waals surface area contributed by atoms with E-state index in [9.17, 15) is 0 Å². The van der Waals surface area contributed by atoms with Crippen LogP contribution in [-0.2, 0) is 0 Å². The lowest BCUT2D eigenvalue weighted by atomic mass is 10.1. The molecule has 2 rings (SSSR count). The predicted molar refractivity (Wildman–Crippen MR) is 50.9 cm³/mol. The third-order valence-corrected chi connectivity index (χ3v) is 1.86. The van der Waals surface area contributed by atoms with Gasteiger partial charge in [0, 0.05) is 12.4 Å². The summed E-state index contributed by atoms with van der Waals surface area (Å²) in [5.74, 6) is 0. The molecule has 1 aliphatic heterocycles. The molecule has 0 saturated heterocycles. The van der Waals surface area contributed by atoms with Gasteiger partial charge in [-0.3, -0.25) is 9.98 Å². The normalized spacial score (nSPS) is 15.8. The van der Waals surface area contributed by atoms with Crippen LogP contribution in [-0.4, -0.2) is 12.4 Å². The zero-order valence-corrected chi connectivity index (χ0v) is 6.94. The topological polar surface area (TPSA) is 24.7 Å². The fourth-order valence-corrected chi connectivity index (χ4v) is 1.28. The Labute approximate surface area is 71.7 Å². The van der Waals surface area contributed by atoms with Crippen molar-refractivity contribution in [3.63, 3.8) is 0 Å². The average Bonchev–Trinajstić information content (AvgIpc) is 2.56. The summed E-state index contributed by atoms with van der Waals surface area (Å²) >= 11 is 0. The molecule has 2 heteroatoms. The Morgan fingerprint density at radius 1 is 1.17 bits per heavy atom. The van der Waals surface area contributed by atoms with Gasteiger partial charge in [-0.15, -0.1) is 0 Å². The molecule has 1 aliphatic rings. The van der Waals surface area contributed by atoms with Crippen LogP contribution in [0.2, 0.25) is 0 Å². The summed E-state index contributed by atoms with van der Waals surface area (Å²) < 4.78 is 0. The second-order valence-corrected chi connectivity index (χ2v) is 2.88. The van der Waals surface area contributed by atoms with E-state index in [0.717, 1.165) is 0 Å². The van der Waals surface area contributed by atoms with Crippen molar-refractivity contribution in [3.8, 4) is 0 Å². The number of aliphatic imine (C=N–C) groups is 2. The Bertz CT molecular complexity index is 327. The third-order valence-electron chi connectivity index (χ3n) is 1.86. The molecule has 0 atom stereocenters. The molecule has 0 amide bonds. The molecule has 0 saturated carbocycles. The van der Waals surface area contributed by atoms with Gasteiger partial charge in [-0.25, -0.2) is 0 Å². The molecule has 0 fully saturated rings. The van der Waals surface area contributed by atoms with E-state index in [2.05, 4.69) is 35.1 Å². The summed E-state index contributed by atoms with van der Waals surface area (Å²) in [7, 11) is 0. The summed E-state index contributed by atoms with van der Waals surface area (Å²) in [5.41, 5.74) is 2.42. The van der Waals surface area contributed by atoms with Gasteiger partial charge in [0.2, 0.25) is 0 Å². The lowest BCUT2D eigenvalue weighted by Gasteiger charge is -2.04. The maximum Gasteiger partial charge on any atom is 0.165 e. The summed E-state index contributed by atoms with van der Waals surface area (Å²) in [5, 5.41) is 0. The minimum absolute atomic E-state index is 0.00454. The molecular formula is C10H10N2. The lowest BCUT2D eigenvalue weighted by Crippen LogP contribution is -1.88.